The van der Waals surface area contributed by atoms with Gasteiger partial charge >= 0.3 is 5.97 Å². The molecule has 1 rings (SSSR count). The number of carboxylic acid groups (broad SMARTS) is 1. The van der Waals surface area contributed by atoms with E-state index in [9.17, 15) is 9.59 Å². The van der Waals surface area contributed by atoms with Crippen molar-refractivity contribution in [3.63, 3.8) is 0 Å². The molecule has 0 aliphatic heterocycles. The topological polar surface area (TPSA) is 66.8 Å². The van der Waals surface area contributed by atoms with Gasteiger partial charge in [0.2, 0.25) is 5.91 Å². The second-order valence-corrected chi connectivity index (χ2v) is 4.56. The first-order valence-electron chi connectivity index (χ1n) is 7.23. The molecule has 0 saturated heterocycles. The van der Waals surface area contributed by atoms with Crippen molar-refractivity contribution in [2.24, 2.45) is 0 Å². The van der Waals surface area contributed by atoms with E-state index in [4.69, 9.17) is 9.94 Å². The summed E-state index contributed by atoms with van der Waals surface area (Å²) in [5, 5.41) is 9.49. The highest BCUT2D eigenvalue weighted by molar-refractivity contribution is 5.85. The molecule has 22 heavy (non-hydrogen) atoms. The van der Waals surface area contributed by atoms with Crippen LogP contribution in [0, 0.1) is 0 Å². The fourth-order valence-electron chi connectivity index (χ4n) is 1.45. The van der Waals surface area contributed by atoms with Crippen molar-refractivity contribution in [3.8, 4) is 0 Å². The predicted molar refractivity (Wildman–Crippen MR) is 86.2 cm³/mol. The average molecular weight is 307 g/mol. The highest BCUT2D eigenvalue weighted by atomic mass is 16.7. The monoisotopic (exact) mass is 307 g/mol. The van der Waals surface area contributed by atoms with Crippen LogP contribution in [-0.4, -0.2) is 35.2 Å². The summed E-state index contributed by atoms with van der Waals surface area (Å²) in [6.07, 6.45) is 2.38. The van der Waals surface area contributed by atoms with Crippen molar-refractivity contribution in [3.05, 3.63) is 47.5 Å². The van der Waals surface area contributed by atoms with Crippen LogP contribution in [0.1, 0.15) is 33.3 Å². The minimum absolute atomic E-state index is 0.0504. The lowest BCUT2D eigenvalue weighted by atomic mass is 10.2. The second-order valence-electron chi connectivity index (χ2n) is 4.56. The molecule has 1 amide bonds. The van der Waals surface area contributed by atoms with Gasteiger partial charge in [-0.25, -0.2) is 9.86 Å². The maximum atomic E-state index is 11.0. The molecule has 1 aromatic carbocycles. The SMILES string of the molecule is CC=C(C)C(=O)O.CCN(OCCc1ccccc1)C(C)=O. The Balaban J connectivity index is 0.000000534. The molecule has 0 fully saturated rings. The molecular weight excluding hydrogens is 282 g/mol. The van der Waals surface area contributed by atoms with Gasteiger partial charge in [-0.05, 0) is 32.8 Å². The van der Waals surface area contributed by atoms with Crippen molar-refractivity contribution in [1.82, 2.24) is 5.06 Å². The molecule has 0 atom stereocenters. The maximum Gasteiger partial charge on any atom is 0.330 e. The predicted octanol–water partition coefficient (Wildman–Crippen LogP) is 3.07. The van der Waals surface area contributed by atoms with Crippen molar-refractivity contribution in [2.75, 3.05) is 13.2 Å². The summed E-state index contributed by atoms with van der Waals surface area (Å²) in [4.78, 5) is 26.2. The lowest BCUT2D eigenvalue weighted by Gasteiger charge is -2.17. The number of carbonyl (C=O) groups is 2. The summed E-state index contributed by atoms with van der Waals surface area (Å²) in [7, 11) is 0. The van der Waals surface area contributed by atoms with Gasteiger partial charge in [0.15, 0.2) is 0 Å². The van der Waals surface area contributed by atoms with Crippen LogP contribution in [0.4, 0.5) is 0 Å². The summed E-state index contributed by atoms with van der Waals surface area (Å²) in [6, 6.07) is 10.1. The average Bonchev–Trinajstić information content (AvgIpc) is 2.52. The fourth-order valence-corrected chi connectivity index (χ4v) is 1.45. The zero-order valence-electron chi connectivity index (χ0n) is 13.7. The molecule has 0 saturated carbocycles. The van der Waals surface area contributed by atoms with Gasteiger partial charge in [-0.1, -0.05) is 36.4 Å². The Morgan fingerprint density at radius 1 is 1.23 bits per heavy atom. The standard InChI is InChI=1S/C12H17NO2.C5H8O2/c1-3-13(11(2)14)15-10-9-12-7-5-4-6-8-12;1-3-4(2)5(6)7/h4-8H,3,9-10H2,1-2H3;3H,1-2H3,(H,6,7). The highest BCUT2D eigenvalue weighted by Gasteiger charge is 2.05. The molecule has 0 bridgehead atoms. The molecule has 5 nitrogen and oxygen atoms in total. The molecule has 0 unspecified atom stereocenters. The van der Waals surface area contributed by atoms with E-state index < -0.39 is 5.97 Å². The normalized spacial score (nSPS) is 10.5. The van der Waals surface area contributed by atoms with Crippen LogP contribution in [0.15, 0.2) is 42.0 Å². The van der Waals surface area contributed by atoms with Gasteiger partial charge in [0.1, 0.15) is 0 Å². The van der Waals surface area contributed by atoms with E-state index in [-0.39, 0.29) is 5.91 Å². The van der Waals surface area contributed by atoms with Gasteiger partial charge < -0.3 is 5.11 Å². The first-order valence-corrected chi connectivity index (χ1v) is 7.23. The number of carboxylic acids is 1. The van der Waals surface area contributed by atoms with E-state index in [2.05, 4.69) is 0 Å². The molecule has 0 spiro atoms. The van der Waals surface area contributed by atoms with Crippen LogP contribution in [0.25, 0.3) is 0 Å². The number of hydrogen-bond acceptors (Lipinski definition) is 3. The number of carbonyl (C=O) groups excluding carboxylic acids is 1. The number of allylic oxidation sites excluding steroid dienone is 1. The van der Waals surface area contributed by atoms with E-state index in [1.807, 2.05) is 37.3 Å². The number of hydrogen-bond donors (Lipinski definition) is 1. The van der Waals surface area contributed by atoms with E-state index >= 15 is 0 Å². The summed E-state index contributed by atoms with van der Waals surface area (Å²) in [5.41, 5.74) is 1.61. The molecule has 0 heterocycles. The van der Waals surface area contributed by atoms with Crippen molar-refractivity contribution in [1.29, 1.82) is 0 Å². The van der Waals surface area contributed by atoms with Crippen molar-refractivity contribution >= 4 is 11.9 Å². The van der Waals surface area contributed by atoms with Crippen LogP contribution in [0.5, 0.6) is 0 Å². The number of rotatable bonds is 6. The third kappa shape index (κ3) is 8.92. The van der Waals surface area contributed by atoms with Crippen LogP contribution >= 0.6 is 0 Å². The van der Waals surface area contributed by atoms with Crippen molar-refractivity contribution in [2.45, 2.75) is 34.1 Å². The molecule has 1 N–H and O–H groups in total. The third-order valence-electron chi connectivity index (χ3n) is 2.89. The quantitative estimate of drug-likeness (QED) is 0.648. The fraction of sp³-hybridized carbons (Fsp3) is 0.412. The van der Waals surface area contributed by atoms with Crippen LogP contribution in [-0.2, 0) is 20.8 Å². The molecule has 122 valence electrons. The van der Waals surface area contributed by atoms with Gasteiger partial charge in [-0.3, -0.25) is 9.63 Å². The van der Waals surface area contributed by atoms with Gasteiger partial charge in [-0.15, -0.1) is 0 Å². The van der Waals surface area contributed by atoms with E-state index in [1.165, 1.54) is 17.6 Å². The maximum absolute atomic E-state index is 11.0. The van der Waals surface area contributed by atoms with Crippen LogP contribution in [0.2, 0.25) is 0 Å². The Kier molecular flexibility index (Phi) is 10.4. The number of amides is 1. The molecule has 0 aliphatic carbocycles. The first-order chi connectivity index (χ1) is 10.4. The number of benzene rings is 1. The number of aliphatic carboxylic acids is 1. The Morgan fingerprint density at radius 2 is 1.82 bits per heavy atom. The Bertz CT molecular complexity index is 483. The summed E-state index contributed by atoms with van der Waals surface area (Å²) in [6.45, 7) is 7.78. The molecule has 0 aromatic heterocycles. The highest BCUT2D eigenvalue weighted by Crippen LogP contribution is 2.01. The first kappa shape index (κ1) is 19.9. The largest absolute Gasteiger partial charge is 0.478 e. The summed E-state index contributed by atoms with van der Waals surface area (Å²) in [5.74, 6) is -0.895. The summed E-state index contributed by atoms with van der Waals surface area (Å²) >= 11 is 0. The van der Waals surface area contributed by atoms with Gasteiger partial charge in [0, 0.05) is 19.0 Å². The molecule has 0 aliphatic rings. The lowest BCUT2D eigenvalue weighted by molar-refractivity contribution is -0.182. The zero-order valence-corrected chi connectivity index (χ0v) is 13.7. The zero-order chi connectivity index (χ0) is 17.0. The van der Waals surface area contributed by atoms with E-state index in [0.29, 0.717) is 18.7 Å². The Labute approximate surface area is 132 Å². The molecular formula is C17H25NO4. The molecule has 0 radical (unpaired) electrons. The lowest BCUT2D eigenvalue weighted by Crippen LogP contribution is -2.29. The van der Waals surface area contributed by atoms with Crippen LogP contribution in [0.3, 0.4) is 0 Å². The van der Waals surface area contributed by atoms with Gasteiger partial charge in [0.05, 0.1) is 6.61 Å². The van der Waals surface area contributed by atoms with E-state index in [1.54, 1.807) is 19.9 Å². The minimum Gasteiger partial charge on any atom is -0.478 e. The van der Waals surface area contributed by atoms with Gasteiger partial charge in [-0.2, -0.15) is 0 Å². The second kappa shape index (κ2) is 11.5. The number of nitrogens with zero attached hydrogens (tertiary/aromatic N) is 1. The van der Waals surface area contributed by atoms with Gasteiger partial charge in [0.25, 0.3) is 0 Å². The minimum atomic E-state index is -0.845. The third-order valence-corrected chi connectivity index (χ3v) is 2.89. The van der Waals surface area contributed by atoms with Crippen LogP contribution < -0.4 is 0 Å². The number of hydroxylamine groups is 2. The molecule has 1 aromatic rings. The van der Waals surface area contributed by atoms with Crippen molar-refractivity contribution < 1.29 is 19.5 Å². The molecule has 5 heteroatoms. The Morgan fingerprint density at radius 3 is 2.18 bits per heavy atom. The summed E-state index contributed by atoms with van der Waals surface area (Å²) < 4.78 is 0. The Hall–Kier alpha value is -2.14. The smallest absolute Gasteiger partial charge is 0.330 e. The van der Waals surface area contributed by atoms with E-state index in [0.717, 1.165) is 6.42 Å².